The van der Waals surface area contributed by atoms with Gasteiger partial charge in [0.25, 0.3) is 15.9 Å². The van der Waals surface area contributed by atoms with Crippen molar-refractivity contribution in [3.05, 3.63) is 42.0 Å². The number of alkyl halides is 1. The molecule has 1 spiro atoms. The van der Waals surface area contributed by atoms with Crippen LogP contribution in [-0.2, 0) is 14.8 Å². The lowest BCUT2D eigenvalue weighted by Gasteiger charge is -2.35. The molecule has 5 rings (SSSR count). The van der Waals surface area contributed by atoms with Crippen molar-refractivity contribution in [3.8, 4) is 0 Å². The Hall–Kier alpha value is -2.92. The van der Waals surface area contributed by atoms with Gasteiger partial charge in [-0.05, 0) is 68.4 Å². The van der Waals surface area contributed by atoms with Crippen molar-refractivity contribution in [3.63, 3.8) is 0 Å². The van der Waals surface area contributed by atoms with E-state index in [1.807, 2.05) is 19.1 Å². The third kappa shape index (κ3) is 5.57. The maximum atomic E-state index is 13.4. The molecule has 2 aromatic rings. The number of aromatic nitrogens is 1. The summed E-state index contributed by atoms with van der Waals surface area (Å²) in [4.78, 5) is 22.3. The first-order chi connectivity index (χ1) is 17.3. The van der Waals surface area contributed by atoms with Gasteiger partial charge < -0.3 is 19.9 Å². The second-order valence-electron chi connectivity index (χ2n) is 10.0. The highest BCUT2D eigenvalue weighted by atomic mass is 32.2. The fourth-order valence-electron chi connectivity index (χ4n) is 5.03. The number of nitrogens with zero attached hydrogens (tertiary/aromatic N) is 3. The van der Waals surface area contributed by atoms with Gasteiger partial charge in [-0.1, -0.05) is 6.07 Å². The first-order valence-corrected chi connectivity index (χ1v) is 14.0. The number of amides is 1. The van der Waals surface area contributed by atoms with Gasteiger partial charge in [0.1, 0.15) is 11.6 Å². The summed E-state index contributed by atoms with van der Waals surface area (Å²) in [6.45, 7) is 5.65. The zero-order chi connectivity index (χ0) is 25.3. The quantitative estimate of drug-likeness (QED) is 0.578. The van der Waals surface area contributed by atoms with E-state index in [1.54, 1.807) is 18.2 Å². The molecule has 1 saturated carbocycles. The number of hydrogen-bond donors (Lipinski definition) is 2. The Labute approximate surface area is 211 Å². The lowest BCUT2D eigenvalue weighted by atomic mass is 9.93. The van der Waals surface area contributed by atoms with Crippen LogP contribution < -0.4 is 19.8 Å². The van der Waals surface area contributed by atoms with Gasteiger partial charge in [-0.15, -0.1) is 0 Å². The van der Waals surface area contributed by atoms with E-state index >= 15 is 0 Å². The van der Waals surface area contributed by atoms with E-state index in [2.05, 4.69) is 24.8 Å². The summed E-state index contributed by atoms with van der Waals surface area (Å²) in [6.07, 6.45) is 4.67. The number of rotatable bonds is 7. The predicted octanol–water partition coefficient (Wildman–Crippen LogP) is 3.61. The third-order valence-corrected chi connectivity index (χ3v) is 8.16. The topological polar surface area (TPSA) is 104 Å². The van der Waals surface area contributed by atoms with Crippen LogP contribution in [0.3, 0.4) is 0 Å². The van der Waals surface area contributed by atoms with Crippen LogP contribution in [0.1, 0.15) is 43.0 Å². The van der Waals surface area contributed by atoms with E-state index in [1.165, 1.54) is 18.9 Å². The van der Waals surface area contributed by atoms with Gasteiger partial charge in [-0.3, -0.25) is 9.52 Å². The molecule has 0 radical (unpaired) electrons. The van der Waals surface area contributed by atoms with Gasteiger partial charge in [0, 0.05) is 26.2 Å². The molecule has 194 valence electrons. The summed E-state index contributed by atoms with van der Waals surface area (Å²) in [5.41, 5.74) is 1.71. The average Bonchev–Trinajstić information content (AvgIpc) is 3.63. The third-order valence-electron chi connectivity index (χ3n) is 7.32. The second-order valence-corrected chi connectivity index (χ2v) is 11.7. The van der Waals surface area contributed by atoms with Gasteiger partial charge >= 0.3 is 0 Å². The van der Waals surface area contributed by atoms with Gasteiger partial charge in [0.05, 0.1) is 29.6 Å². The van der Waals surface area contributed by atoms with Gasteiger partial charge in [0.2, 0.25) is 6.01 Å². The monoisotopic (exact) mass is 517 g/mol. The fourth-order valence-corrected chi connectivity index (χ4v) is 5.57. The maximum Gasteiger partial charge on any atom is 0.262 e. The molecule has 1 aromatic carbocycles. The zero-order valence-electron chi connectivity index (χ0n) is 20.4. The summed E-state index contributed by atoms with van der Waals surface area (Å²) in [5.74, 6) is 0.863. The zero-order valence-corrected chi connectivity index (χ0v) is 21.2. The molecule has 2 N–H and O–H groups in total. The van der Waals surface area contributed by atoms with E-state index in [4.69, 9.17) is 4.74 Å². The molecule has 3 aliphatic rings. The molecule has 36 heavy (non-hydrogen) atoms. The standard InChI is InChI=1S/C25H32FN5O4S/c1-18-16-31(13-14-35-18)23-4-2-3-22(27-23)28-24(32)20-6-5-19(29-36(33,34)17-26)15-21(20)30-11-9-25(7-8-25)10-12-30/h2-6,15,18,29H,7-14,16-17H2,1H3,(H,27,28,32)/t18-/m1/s1. The molecule has 2 saturated heterocycles. The molecule has 3 heterocycles. The predicted molar refractivity (Wildman–Crippen MR) is 138 cm³/mol. The number of ether oxygens (including phenoxy) is 1. The second kappa shape index (κ2) is 9.85. The van der Waals surface area contributed by atoms with Crippen LogP contribution in [0.25, 0.3) is 0 Å². The normalized spacial score (nSPS) is 21.3. The molecule has 11 heteroatoms. The number of benzene rings is 1. The van der Waals surface area contributed by atoms with E-state index < -0.39 is 16.0 Å². The van der Waals surface area contributed by atoms with E-state index in [0.717, 1.165) is 44.8 Å². The van der Waals surface area contributed by atoms with Crippen LogP contribution in [0.5, 0.6) is 0 Å². The van der Waals surface area contributed by atoms with Crippen molar-refractivity contribution < 1.29 is 22.3 Å². The molecule has 9 nitrogen and oxygen atoms in total. The highest BCUT2D eigenvalue weighted by Gasteiger charge is 2.44. The number of piperidine rings is 1. The van der Waals surface area contributed by atoms with Crippen LogP contribution in [0, 0.1) is 5.41 Å². The summed E-state index contributed by atoms with van der Waals surface area (Å²) < 4.78 is 44.3. The largest absolute Gasteiger partial charge is 0.375 e. The lowest BCUT2D eigenvalue weighted by molar-refractivity contribution is 0.0529. The number of carbonyl (C=O) groups is 1. The molecular weight excluding hydrogens is 485 g/mol. The van der Waals surface area contributed by atoms with Crippen molar-refractivity contribution in [2.75, 3.05) is 58.6 Å². The summed E-state index contributed by atoms with van der Waals surface area (Å²) in [5, 5.41) is 2.90. The maximum absolute atomic E-state index is 13.4. The molecule has 0 unspecified atom stereocenters. The molecule has 1 amide bonds. The molecular formula is C25H32FN5O4S. The van der Waals surface area contributed by atoms with Gasteiger partial charge in [-0.25, -0.2) is 17.8 Å². The first-order valence-electron chi connectivity index (χ1n) is 12.4. The number of halogens is 1. The highest BCUT2D eigenvalue weighted by molar-refractivity contribution is 7.92. The number of hydrogen-bond acceptors (Lipinski definition) is 7. The van der Waals surface area contributed by atoms with E-state index in [9.17, 15) is 17.6 Å². The number of nitrogens with one attached hydrogen (secondary N) is 2. The van der Waals surface area contributed by atoms with Crippen molar-refractivity contribution in [1.82, 2.24) is 4.98 Å². The minimum Gasteiger partial charge on any atom is -0.375 e. The smallest absolute Gasteiger partial charge is 0.262 e. The first kappa shape index (κ1) is 24.8. The Kier molecular flexibility index (Phi) is 6.78. The van der Waals surface area contributed by atoms with Crippen molar-refractivity contribution in [1.29, 1.82) is 0 Å². The number of sulfonamides is 1. The number of carbonyl (C=O) groups excluding carboxylic acids is 1. The summed E-state index contributed by atoms with van der Waals surface area (Å²) >= 11 is 0. The highest BCUT2D eigenvalue weighted by Crippen LogP contribution is 2.54. The van der Waals surface area contributed by atoms with Gasteiger partial charge in [0.15, 0.2) is 0 Å². The molecule has 1 atom stereocenters. The van der Waals surface area contributed by atoms with Crippen LogP contribution in [-0.4, -0.2) is 64.2 Å². The molecule has 1 aliphatic carbocycles. The van der Waals surface area contributed by atoms with Crippen molar-refractivity contribution in [2.24, 2.45) is 5.41 Å². The molecule has 3 fully saturated rings. The summed E-state index contributed by atoms with van der Waals surface area (Å²) in [7, 11) is -4.09. The van der Waals surface area contributed by atoms with Crippen LogP contribution in [0.2, 0.25) is 0 Å². The minimum atomic E-state index is -4.09. The van der Waals surface area contributed by atoms with E-state index in [-0.39, 0.29) is 17.7 Å². The average molecular weight is 518 g/mol. The van der Waals surface area contributed by atoms with Crippen LogP contribution in [0.15, 0.2) is 36.4 Å². The Bertz CT molecular complexity index is 1230. The molecule has 2 aliphatic heterocycles. The van der Waals surface area contributed by atoms with Crippen LogP contribution >= 0.6 is 0 Å². The van der Waals surface area contributed by atoms with Gasteiger partial charge in [-0.2, -0.15) is 0 Å². The van der Waals surface area contributed by atoms with Crippen molar-refractivity contribution >= 4 is 38.9 Å². The minimum absolute atomic E-state index is 0.106. The Morgan fingerprint density at radius 3 is 2.61 bits per heavy atom. The lowest BCUT2D eigenvalue weighted by Crippen LogP contribution is -2.41. The summed E-state index contributed by atoms with van der Waals surface area (Å²) in [6, 6.07) is 8.67. The fraction of sp³-hybridized carbons (Fsp3) is 0.520. The Balaban J connectivity index is 1.38. The van der Waals surface area contributed by atoms with Crippen molar-refractivity contribution in [2.45, 2.75) is 38.7 Å². The Morgan fingerprint density at radius 1 is 1.14 bits per heavy atom. The SMILES string of the molecule is C[C@@H]1CN(c2cccc(NC(=O)c3ccc(NS(=O)(=O)CF)cc3N3CCC4(CC3)CC4)n2)CCO1. The number of anilines is 4. The number of pyridine rings is 1. The van der Waals surface area contributed by atoms with Crippen LogP contribution in [0.4, 0.5) is 27.4 Å². The number of morpholine rings is 1. The van der Waals surface area contributed by atoms with E-state index in [0.29, 0.717) is 29.1 Å². The molecule has 1 aromatic heterocycles. The Morgan fingerprint density at radius 2 is 1.92 bits per heavy atom. The molecule has 0 bridgehead atoms.